The molecule has 0 saturated carbocycles. The Morgan fingerprint density at radius 1 is 1.15 bits per heavy atom. The van der Waals surface area contributed by atoms with Crippen LogP contribution in [-0.4, -0.2) is 32.7 Å². The molecule has 3 aromatic rings. The highest BCUT2D eigenvalue weighted by atomic mass is 79.9. The number of carbonyl (C=O) groups excluding carboxylic acids is 1. The molecule has 7 nitrogen and oxygen atoms in total. The zero-order chi connectivity index (χ0) is 18.9. The van der Waals surface area contributed by atoms with E-state index in [1.807, 2.05) is 18.2 Å². The Hall–Kier alpha value is -2.52. The van der Waals surface area contributed by atoms with Gasteiger partial charge in [0, 0.05) is 27.1 Å². The number of halogens is 1. The number of amides is 1. The Morgan fingerprint density at radius 2 is 1.92 bits per heavy atom. The molecule has 0 saturated heterocycles. The third kappa shape index (κ3) is 4.17. The number of rotatable bonds is 5. The van der Waals surface area contributed by atoms with Gasteiger partial charge in [0.15, 0.2) is 0 Å². The number of benzene rings is 2. The monoisotopic (exact) mass is 437 g/mol. The number of H-pyrrole nitrogens is 1. The molecule has 3 N–H and O–H groups in total. The third-order valence-electron chi connectivity index (χ3n) is 3.58. The first kappa shape index (κ1) is 18.3. The molecule has 1 amide bonds. The highest BCUT2D eigenvalue weighted by molar-refractivity contribution is 9.10. The summed E-state index contributed by atoms with van der Waals surface area (Å²) in [7, 11) is -2.01. The summed E-state index contributed by atoms with van der Waals surface area (Å²) in [6, 6.07) is 12.1. The molecular formula is C17H16BrN3O4S. The molecule has 0 unspecified atom stereocenters. The van der Waals surface area contributed by atoms with E-state index in [2.05, 4.69) is 31.0 Å². The summed E-state index contributed by atoms with van der Waals surface area (Å²) in [5, 5.41) is 3.68. The van der Waals surface area contributed by atoms with E-state index < -0.39 is 10.0 Å². The lowest BCUT2D eigenvalue weighted by Crippen LogP contribution is -2.13. The zero-order valence-corrected chi connectivity index (χ0v) is 16.4. The van der Waals surface area contributed by atoms with Crippen LogP contribution in [0.2, 0.25) is 0 Å². The van der Waals surface area contributed by atoms with Gasteiger partial charge in [0.05, 0.1) is 19.1 Å². The molecule has 1 heterocycles. The van der Waals surface area contributed by atoms with E-state index >= 15 is 0 Å². The van der Waals surface area contributed by atoms with Crippen LogP contribution in [0.25, 0.3) is 10.9 Å². The molecule has 0 fully saturated rings. The van der Waals surface area contributed by atoms with Gasteiger partial charge in [-0.15, -0.1) is 0 Å². The normalized spacial score (nSPS) is 11.3. The van der Waals surface area contributed by atoms with Gasteiger partial charge in [-0.1, -0.05) is 22.0 Å². The van der Waals surface area contributed by atoms with Crippen LogP contribution in [0.1, 0.15) is 10.5 Å². The Labute approximate surface area is 158 Å². The second-order valence-electron chi connectivity index (χ2n) is 5.66. The number of aromatic amines is 1. The number of hydrogen-bond donors (Lipinski definition) is 3. The molecule has 136 valence electrons. The number of nitrogens with one attached hydrogen (secondary N) is 3. The van der Waals surface area contributed by atoms with Gasteiger partial charge in [-0.3, -0.25) is 9.52 Å². The maximum atomic E-state index is 12.5. The first-order chi connectivity index (χ1) is 12.2. The molecule has 1 aromatic heterocycles. The van der Waals surface area contributed by atoms with Crippen LogP contribution in [0.5, 0.6) is 5.75 Å². The van der Waals surface area contributed by atoms with Crippen LogP contribution in [0.15, 0.2) is 46.9 Å². The smallest absolute Gasteiger partial charge is 0.272 e. The summed E-state index contributed by atoms with van der Waals surface area (Å²) in [4.78, 5) is 15.5. The number of aromatic nitrogens is 1. The lowest BCUT2D eigenvalue weighted by atomic mass is 10.2. The largest absolute Gasteiger partial charge is 0.494 e. The number of carbonyl (C=O) groups is 1. The van der Waals surface area contributed by atoms with Crippen molar-refractivity contribution in [2.45, 2.75) is 0 Å². The van der Waals surface area contributed by atoms with Gasteiger partial charge in [-0.2, -0.15) is 0 Å². The van der Waals surface area contributed by atoms with E-state index in [1.54, 1.807) is 18.2 Å². The van der Waals surface area contributed by atoms with Crippen molar-refractivity contribution >= 4 is 54.1 Å². The van der Waals surface area contributed by atoms with Gasteiger partial charge >= 0.3 is 0 Å². The lowest BCUT2D eigenvalue weighted by Gasteiger charge is -2.12. The minimum Gasteiger partial charge on any atom is -0.494 e. The van der Waals surface area contributed by atoms with Gasteiger partial charge in [-0.05, 0) is 30.3 Å². The fraction of sp³-hybridized carbons (Fsp3) is 0.118. The maximum Gasteiger partial charge on any atom is 0.272 e. The SMILES string of the molecule is COc1cc(NC(=O)c2cc3ccc(Br)cc3[nH]2)ccc1NS(C)(=O)=O. The van der Waals surface area contributed by atoms with Crippen molar-refractivity contribution in [1.29, 1.82) is 0 Å². The highest BCUT2D eigenvalue weighted by Crippen LogP contribution is 2.29. The van der Waals surface area contributed by atoms with Gasteiger partial charge in [-0.25, -0.2) is 8.42 Å². The predicted molar refractivity (Wildman–Crippen MR) is 105 cm³/mol. The Bertz CT molecular complexity index is 1090. The summed E-state index contributed by atoms with van der Waals surface area (Å²) in [5.74, 6) is -0.0167. The van der Waals surface area contributed by atoms with Crippen molar-refractivity contribution in [2.24, 2.45) is 0 Å². The third-order valence-corrected chi connectivity index (χ3v) is 4.67. The number of anilines is 2. The molecule has 2 aromatic carbocycles. The Morgan fingerprint density at radius 3 is 2.62 bits per heavy atom. The van der Waals surface area contributed by atoms with Crippen LogP contribution in [-0.2, 0) is 10.0 Å². The van der Waals surface area contributed by atoms with Crippen LogP contribution in [0, 0.1) is 0 Å². The van der Waals surface area contributed by atoms with Gasteiger partial charge in [0.25, 0.3) is 5.91 Å². The average Bonchev–Trinajstić information content (AvgIpc) is 2.98. The van der Waals surface area contributed by atoms with E-state index in [4.69, 9.17) is 4.74 Å². The van der Waals surface area contributed by atoms with Crippen LogP contribution in [0.3, 0.4) is 0 Å². The molecule has 26 heavy (non-hydrogen) atoms. The van der Waals surface area contributed by atoms with Crippen molar-refractivity contribution in [3.05, 3.63) is 52.6 Å². The van der Waals surface area contributed by atoms with Gasteiger partial charge in [0.2, 0.25) is 10.0 Å². The van der Waals surface area contributed by atoms with Crippen molar-refractivity contribution < 1.29 is 17.9 Å². The number of methoxy groups -OCH3 is 1. The fourth-order valence-electron chi connectivity index (χ4n) is 2.47. The summed E-state index contributed by atoms with van der Waals surface area (Å²) in [5.41, 5.74) is 2.03. The van der Waals surface area contributed by atoms with Crippen molar-refractivity contribution in [2.75, 3.05) is 23.4 Å². The van der Waals surface area contributed by atoms with E-state index in [0.29, 0.717) is 22.8 Å². The zero-order valence-electron chi connectivity index (χ0n) is 14.0. The molecule has 0 aliphatic carbocycles. The highest BCUT2D eigenvalue weighted by Gasteiger charge is 2.13. The fourth-order valence-corrected chi connectivity index (χ4v) is 3.40. The van der Waals surface area contributed by atoms with E-state index in [9.17, 15) is 13.2 Å². The van der Waals surface area contributed by atoms with Crippen molar-refractivity contribution in [1.82, 2.24) is 4.98 Å². The number of ether oxygens (including phenoxy) is 1. The number of fused-ring (bicyclic) bond motifs is 1. The van der Waals surface area contributed by atoms with E-state index in [-0.39, 0.29) is 5.91 Å². The first-order valence-corrected chi connectivity index (χ1v) is 10.2. The maximum absolute atomic E-state index is 12.5. The lowest BCUT2D eigenvalue weighted by molar-refractivity contribution is 0.102. The number of hydrogen-bond acceptors (Lipinski definition) is 4. The van der Waals surface area contributed by atoms with Gasteiger partial charge < -0.3 is 15.0 Å². The topological polar surface area (TPSA) is 100 Å². The van der Waals surface area contributed by atoms with Crippen molar-refractivity contribution in [3.63, 3.8) is 0 Å². The molecule has 0 aliphatic rings. The quantitative estimate of drug-likeness (QED) is 0.567. The minimum absolute atomic E-state index is 0.295. The van der Waals surface area contributed by atoms with E-state index in [0.717, 1.165) is 21.6 Å². The second kappa shape index (κ2) is 7.00. The Kier molecular flexibility index (Phi) is 4.92. The molecule has 3 rings (SSSR count). The molecule has 9 heteroatoms. The van der Waals surface area contributed by atoms with Gasteiger partial charge in [0.1, 0.15) is 11.4 Å². The van der Waals surface area contributed by atoms with Crippen molar-refractivity contribution in [3.8, 4) is 5.75 Å². The predicted octanol–water partition coefficient (Wildman–Crippen LogP) is 3.56. The Balaban J connectivity index is 1.84. The second-order valence-corrected chi connectivity index (χ2v) is 8.32. The number of sulfonamides is 1. The van der Waals surface area contributed by atoms with Crippen LogP contribution in [0.4, 0.5) is 11.4 Å². The van der Waals surface area contributed by atoms with E-state index in [1.165, 1.54) is 13.2 Å². The standard InChI is InChI=1S/C17H16BrN3O4S/c1-25-16-9-12(5-6-13(16)21-26(2,23)24)19-17(22)15-7-10-3-4-11(18)8-14(10)20-15/h3-9,20-21H,1-2H3,(H,19,22). The summed E-state index contributed by atoms with van der Waals surface area (Å²) < 4.78 is 31.2. The summed E-state index contributed by atoms with van der Waals surface area (Å²) in [6.45, 7) is 0. The van der Waals surface area contributed by atoms with Crippen LogP contribution >= 0.6 is 15.9 Å². The minimum atomic E-state index is -3.43. The molecule has 0 atom stereocenters. The molecule has 0 bridgehead atoms. The molecular weight excluding hydrogens is 422 g/mol. The summed E-state index contributed by atoms with van der Waals surface area (Å²) in [6.07, 6.45) is 1.05. The molecule has 0 spiro atoms. The average molecular weight is 438 g/mol. The summed E-state index contributed by atoms with van der Waals surface area (Å²) >= 11 is 3.39. The molecule has 0 radical (unpaired) electrons. The first-order valence-electron chi connectivity index (χ1n) is 7.50. The van der Waals surface area contributed by atoms with Crippen LogP contribution < -0.4 is 14.8 Å². The molecule has 0 aliphatic heterocycles.